The van der Waals surface area contributed by atoms with Crippen LogP contribution in [-0.2, 0) is 16.4 Å². The molecule has 37 heavy (non-hydrogen) atoms. The number of carbonyl (C=O) groups excluding carboxylic acids is 1. The van der Waals surface area contributed by atoms with Gasteiger partial charge in [-0.15, -0.1) is 0 Å². The molecule has 0 radical (unpaired) electrons. The highest BCUT2D eigenvalue weighted by atomic mass is 32.2. The van der Waals surface area contributed by atoms with Crippen molar-refractivity contribution in [2.75, 3.05) is 5.32 Å². The standard InChI is InChI=1S/C23H17F3N4O6S/c24-23(25,26)37(34,35)18-8-6-16(7-9-18)30-20(31)14-29(22(30)33)13-15-10-11-27-12-19(15)28-21(32)36-17-4-2-1-3-5-17/h1-12,14,31H,13H2,(H,28,32). The summed E-state index contributed by atoms with van der Waals surface area (Å²) in [6.07, 6.45) is 3.03. The number of benzene rings is 2. The summed E-state index contributed by atoms with van der Waals surface area (Å²) in [6.45, 7) is -0.136. The largest absolute Gasteiger partial charge is 0.501 e. The second-order valence-electron chi connectivity index (χ2n) is 7.54. The Balaban J connectivity index is 1.57. The zero-order valence-electron chi connectivity index (χ0n) is 18.6. The normalized spacial score (nSPS) is 11.8. The minimum absolute atomic E-state index is 0.0677. The Hall–Kier alpha value is -4.59. The highest BCUT2D eigenvalue weighted by molar-refractivity contribution is 7.92. The smallest absolute Gasteiger partial charge is 0.493 e. The third-order valence-corrected chi connectivity index (χ3v) is 6.59. The number of sulfone groups is 1. The van der Waals surface area contributed by atoms with Crippen molar-refractivity contribution in [3.63, 3.8) is 0 Å². The number of aromatic hydroxyl groups is 1. The van der Waals surface area contributed by atoms with Gasteiger partial charge in [-0.25, -0.2) is 22.6 Å². The second kappa shape index (κ2) is 9.81. The van der Waals surface area contributed by atoms with Gasteiger partial charge in [-0.2, -0.15) is 13.2 Å². The summed E-state index contributed by atoms with van der Waals surface area (Å²) in [6, 6.07) is 13.1. The average molecular weight is 534 g/mol. The minimum Gasteiger partial charge on any atom is -0.493 e. The molecule has 2 heterocycles. The average Bonchev–Trinajstić information content (AvgIpc) is 3.12. The van der Waals surface area contributed by atoms with E-state index in [1.54, 1.807) is 30.3 Å². The molecule has 0 fully saturated rings. The molecule has 14 heteroatoms. The van der Waals surface area contributed by atoms with Gasteiger partial charge in [0.25, 0.3) is 9.84 Å². The third kappa shape index (κ3) is 5.33. The van der Waals surface area contributed by atoms with E-state index in [4.69, 9.17) is 4.74 Å². The molecule has 0 unspecified atom stereocenters. The Morgan fingerprint density at radius 2 is 1.73 bits per heavy atom. The molecule has 2 aromatic carbocycles. The molecule has 0 saturated heterocycles. The molecule has 0 bridgehead atoms. The summed E-state index contributed by atoms with van der Waals surface area (Å²) in [5.41, 5.74) is -5.68. The first-order chi connectivity index (χ1) is 17.5. The first-order valence-electron chi connectivity index (χ1n) is 10.4. The Labute approximate surface area is 207 Å². The summed E-state index contributed by atoms with van der Waals surface area (Å²) < 4.78 is 68.5. The molecular weight excluding hydrogens is 517 g/mol. The van der Waals surface area contributed by atoms with Gasteiger partial charge in [0.15, 0.2) is 0 Å². The molecule has 0 aliphatic carbocycles. The van der Waals surface area contributed by atoms with E-state index in [1.807, 2.05) is 0 Å². The highest BCUT2D eigenvalue weighted by Gasteiger charge is 2.46. The number of hydrogen-bond acceptors (Lipinski definition) is 7. The second-order valence-corrected chi connectivity index (χ2v) is 9.48. The fourth-order valence-electron chi connectivity index (χ4n) is 3.33. The van der Waals surface area contributed by atoms with E-state index in [-0.39, 0.29) is 17.9 Å². The number of nitrogens with one attached hydrogen (secondary N) is 1. The van der Waals surface area contributed by atoms with Gasteiger partial charge in [-0.3, -0.25) is 14.9 Å². The predicted molar refractivity (Wildman–Crippen MR) is 124 cm³/mol. The van der Waals surface area contributed by atoms with Crippen LogP contribution in [0.3, 0.4) is 0 Å². The van der Waals surface area contributed by atoms with E-state index in [9.17, 15) is 36.3 Å². The number of pyridine rings is 1. The molecule has 4 rings (SSSR count). The van der Waals surface area contributed by atoms with Crippen LogP contribution < -0.4 is 15.7 Å². The minimum atomic E-state index is -5.57. The maximum Gasteiger partial charge on any atom is 0.501 e. The Morgan fingerprint density at radius 3 is 2.38 bits per heavy atom. The topological polar surface area (TPSA) is 133 Å². The van der Waals surface area contributed by atoms with Crippen LogP contribution in [0.1, 0.15) is 5.56 Å². The van der Waals surface area contributed by atoms with Crippen LogP contribution in [0.25, 0.3) is 5.69 Å². The van der Waals surface area contributed by atoms with Crippen LogP contribution in [-0.4, -0.2) is 39.2 Å². The lowest BCUT2D eigenvalue weighted by Crippen LogP contribution is -2.25. The highest BCUT2D eigenvalue weighted by Crippen LogP contribution is 2.30. The summed E-state index contributed by atoms with van der Waals surface area (Å²) in [5, 5.41) is 12.8. The number of rotatable bonds is 6. The van der Waals surface area contributed by atoms with Gasteiger partial charge in [0.2, 0.25) is 5.88 Å². The molecule has 0 atom stereocenters. The number of hydrogen-bond donors (Lipinski definition) is 2. The van der Waals surface area contributed by atoms with E-state index in [1.165, 1.54) is 18.5 Å². The van der Waals surface area contributed by atoms with Gasteiger partial charge >= 0.3 is 17.3 Å². The van der Waals surface area contributed by atoms with Crippen LogP contribution in [0.5, 0.6) is 11.6 Å². The quantitative estimate of drug-likeness (QED) is 0.386. The maximum absolute atomic E-state index is 13.0. The summed E-state index contributed by atoms with van der Waals surface area (Å²) in [7, 11) is -5.57. The molecule has 2 aromatic heterocycles. The van der Waals surface area contributed by atoms with Crippen LogP contribution >= 0.6 is 0 Å². The van der Waals surface area contributed by atoms with Gasteiger partial charge in [-0.1, -0.05) is 18.2 Å². The summed E-state index contributed by atoms with van der Waals surface area (Å²) in [4.78, 5) is 28.2. The SMILES string of the molecule is O=C(Nc1cnccc1Cn1cc(O)n(-c2ccc(S(=O)(=O)C(F)(F)F)cc2)c1=O)Oc1ccccc1. The van der Waals surface area contributed by atoms with Gasteiger partial charge in [0, 0.05) is 6.20 Å². The number of imidazole rings is 1. The lowest BCUT2D eigenvalue weighted by molar-refractivity contribution is -0.0436. The number of carbonyl (C=O) groups is 1. The number of alkyl halides is 3. The van der Waals surface area contributed by atoms with Crippen molar-refractivity contribution in [3.05, 3.63) is 95.3 Å². The van der Waals surface area contributed by atoms with Crippen molar-refractivity contribution in [1.82, 2.24) is 14.1 Å². The van der Waals surface area contributed by atoms with Crippen molar-refractivity contribution in [2.45, 2.75) is 16.9 Å². The molecule has 0 saturated carbocycles. The summed E-state index contributed by atoms with van der Waals surface area (Å²) in [5.74, 6) is -0.249. The number of ether oxygens (including phenoxy) is 1. The molecule has 0 spiro atoms. The summed E-state index contributed by atoms with van der Waals surface area (Å²) >= 11 is 0. The van der Waals surface area contributed by atoms with Crippen LogP contribution in [0.2, 0.25) is 0 Å². The van der Waals surface area contributed by atoms with Crippen molar-refractivity contribution >= 4 is 21.6 Å². The van der Waals surface area contributed by atoms with E-state index < -0.39 is 37.9 Å². The van der Waals surface area contributed by atoms with Crippen LogP contribution in [0.15, 0.2) is 88.9 Å². The number of para-hydroxylation sites is 1. The molecule has 10 nitrogen and oxygen atoms in total. The Morgan fingerprint density at radius 1 is 1.05 bits per heavy atom. The van der Waals surface area contributed by atoms with E-state index >= 15 is 0 Å². The fraction of sp³-hybridized carbons (Fsp3) is 0.0870. The van der Waals surface area contributed by atoms with Crippen molar-refractivity contribution in [2.24, 2.45) is 0 Å². The zero-order valence-corrected chi connectivity index (χ0v) is 19.4. The number of halogens is 3. The Kier molecular flexibility index (Phi) is 6.76. The van der Waals surface area contributed by atoms with E-state index in [0.29, 0.717) is 23.4 Å². The van der Waals surface area contributed by atoms with Crippen molar-refractivity contribution in [3.8, 4) is 17.3 Å². The van der Waals surface area contributed by atoms with Gasteiger partial charge in [0.1, 0.15) is 5.75 Å². The number of amides is 1. The van der Waals surface area contributed by atoms with Crippen LogP contribution in [0, 0.1) is 0 Å². The first kappa shape index (κ1) is 25.5. The van der Waals surface area contributed by atoms with E-state index in [0.717, 1.165) is 27.5 Å². The lowest BCUT2D eigenvalue weighted by atomic mass is 10.2. The number of nitrogens with zero attached hydrogens (tertiary/aromatic N) is 3. The molecule has 0 aliphatic heterocycles. The van der Waals surface area contributed by atoms with Gasteiger partial charge in [0.05, 0.1) is 35.2 Å². The maximum atomic E-state index is 13.0. The number of anilines is 1. The first-order valence-corrected chi connectivity index (χ1v) is 11.9. The van der Waals surface area contributed by atoms with Gasteiger partial charge in [-0.05, 0) is 48.0 Å². The molecule has 192 valence electrons. The predicted octanol–water partition coefficient (Wildman–Crippen LogP) is 3.69. The van der Waals surface area contributed by atoms with E-state index in [2.05, 4.69) is 10.3 Å². The Bertz CT molecular complexity index is 1600. The van der Waals surface area contributed by atoms with Crippen molar-refractivity contribution < 1.29 is 36.2 Å². The van der Waals surface area contributed by atoms with Crippen LogP contribution in [0.4, 0.5) is 23.7 Å². The molecule has 2 N–H and O–H groups in total. The van der Waals surface area contributed by atoms with Crippen molar-refractivity contribution in [1.29, 1.82) is 0 Å². The monoisotopic (exact) mass is 534 g/mol. The lowest BCUT2D eigenvalue weighted by Gasteiger charge is -2.11. The zero-order chi connectivity index (χ0) is 26.8. The fourth-order valence-corrected chi connectivity index (χ4v) is 4.09. The van der Waals surface area contributed by atoms with Gasteiger partial charge < -0.3 is 9.84 Å². The third-order valence-electron chi connectivity index (χ3n) is 5.09. The number of aromatic nitrogens is 3. The molecule has 1 amide bonds. The molecule has 0 aliphatic rings. The molecule has 4 aromatic rings. The molecular formula is C23H17F3N4O6S.